The number of aromatic nitrogens is 3. The maximum atomic E-state index is 5.73. The molecular weight excluding hydrogens is 449 g/mol. The zero-order valence-electron chi connectivity index (χ0n) is 14.6. The van der Waals surface area contributed by atoms with Gasteiger partial charge in [0.15, 0.2) is 0 Å². The summed E-state index contributed by atoms with van der Waals surface area (Å²) in [6.45, 7) is 4.91. The summed E-state index contributed by atoms with van der Waals surface area (Å²) in [5.41, 5.74) is 6.25. The summed E-state index contributed by atoms with van der Waals surface area (Å²) < 4.78 is 8.28. The Hall–Kier alpha value is -2.71. The third-order valence-corrected chi connectivity index (χ3v) is 5.33. The van der Waals surface area contributed by atoms with E-state index in [1.54, 1.807) is 4.52 Å². The van der Waals surface area contributed by atoms with E-state index < -0.39 is 21.5 Å². The standard InChI is InChI=1S/C21H19IN5/c1-15(24-13-16-5-3-2-4-6-16)17-7-9-18(10-8-17)19-11-12-20-25-21(22-23)26-27(20)14-19/h2-12,14,24H,1,13,23H2/q-1. The molecule has 3 N–H and O–H groups in total. The number of nitrogens with two attached hydrogens (primary N) is 1. The number of pyridine rings is 1. The van der Waals surface area contributed by atoms with Gasteiger partial charge in [-0.25, -0.2) is 0 Å². The first-order valence-corrected chi connectivity index (χ1v) is 10.8. The van der Waals surface area contributed by atoms with Gasteiger partial charge < -0.3 is 0 Å². The van der Waals surface area contributed by atoms with E-state index in [2.05, 4.69) is 64.4 Å². The average molecular weight is 468 g/mol. The van der Waals surface area contributed by atoms with Crippen LogP contribution >= 0.6 is 0 Å². The summed E-state index contributed by atoms with van der Waals surface area (Å²) in [4.78, 5) is 4.40. The van der Waals surface area contributed by atoms with Crippen molar-refractivity contribution in [2.45, 2.75) is 6.54 Å². The molecule has 0 aliphatic rings. The zero-order valence-corrected chi connectivity index (χ0v) is 16.8. The minimum atomic E-state index is -0.597. The van der Waals surface area contributed by atoms with Crippen LogP contribution in [0.2, 0.25) is 0 Å². The van der Waals surface area contributed by atoms with Crippen LogP contribution in [0.25, 0.3) is 22.5 Å². The number of hydrogen-bond donors (Lipinski definition) is 2. The Bertz CT molecular complexity index is 1070. The molecule has 6 heteroatoms. The molecule has 2 heterocycles. The molecule has 4 aromatic rings. The molecule has 2 aromatic heterocycles. The first-order chi connectivity index (χ1) is 13.2. The Kier molecular flexibility index (Phi) is 5.17. The Labute approximate surface area is 168 Å². The van der Waals surface area contributed by atoms with Crippen molar-refractivity contribution in [3.05, 3.63) is 94.5 Å². The second-order valence-corrected chi connectivity index (χ2v) is 7.69. The molecule has 0 spiro atoms. The normalized spacial score (nSPS) is 11.0. The van der Waals surface area contributed by atoms with Gasteiger partial charge in [-0.05, 0) is 5.56 Å². The van der Waals surface area contributed by atoms with Crippen LogP contribution in [0.5, 0.6) is 0 Å². The van der Waals surface area contributed by atoms with Crippen LogP contribution < -0.4 is 30.7 Å². The van der Waals surface area contributed by atoms with Gasteiger partial charge in [-0.15, -0.1) is 0 Å². The van der Waals surface area contributed by atoms with Crippen molar-refractivity contribution in [2.75, 3.05) is 0 Å². The molecule has 0 saturated carbocycles. The molecule has 0 unspecified atom stereocenters. The average Bonchev–Trinajstić information content (AvgIpc) is 3.15. The molecule has 0 saturated heterocycles. The van der Waals surface area contributed by atoms with Crippen LogP contribution in [0.1, 0.15) is 11.1 Å². The predicted molar refractivity (Wildman–Crippen MR) is 104 cm³/mol. The number of benzene rings is 2. The Morgan fingerprint density at radius 3 is 2.48 bits per heavy atom. The molecule has 0 fully saturated rings. The minimum absolute atomic E-state index is 0.597. The molecule has 0 aliphatic carbocycles. The van der Waals surface area contributed by atoms with E-state index in [1.165, 1.54) is 5.56 Å². The SMILES string of the molecule is C=C(NCc1ccccc1)c1ccc(-c2ccc3nc([I-]N)nn3c2)cc1. The van der Waals surface area contributed by atoms with Crippen LogP contribution in [0.3, 0.4) is 0 Å². The van der Waals surface area contributed by atoms with Crippen molar-refractivity contribution in [3.63, 3.8) is 0 Å². The van der Waals surface area contributed by atoms with Crippen molar-refractivity contribution in [1.29, 1.82) is 0 Å². The van der Waals surface area contributed by atoms with E-state index in [-0.39, 0.29) is 0 Å². The van der Waals surface area contributed by atoms with Gasteiger partial charge in [-0.3, -0.25) is 0 Å². The summed E-state index contributed by atoms with van der Waals surface area (Å²) in [7, 11) is 0. The fourth-order valence-electron chi connectivity index (χ4n) is 2.84. The molecule has 2 aromatic carbocycles. The van der Waals surface area contributed by atoms with Gasteiger partial charge in [0.1, 0.15) is 0 Å². The van der Waals surface area contributed by atoms with E-state index >= 15 is 0 Å². The summed E-state index contributed by atoms with van der Waals surface area (Å²) in [6.07, 6.45) is 1.99. The van der Waals surface area contributed by atoms with E-state index in [0.717, 1.165) is 38.4 Å². The summed E-state index contributed by atoms with van der Waals surface area (Å²) in [5, 5.41) is 7.80. The monoisotopic (exact) mass is 468 g/mol. The number of nitrogens with zero attached hydrogens (tertiary/aromatic N) is 3. The fraction of sp³-hybridized carbons (Fsp3) is 0.0476. The number of nitrogens with one attached hydrogen (secondary N) is 1. The number of halogens is 1. The van der Waals surface area contributed by atoms with Crippen molar-refractivity contribution in [2.24, 2.45) is 3.95 Å². The third-order valence-electron chi connectivity index (χ3n) is 4.32. The number of hydrogen-bond acceptors (Lipinski definition) is 4. The first-order valence-electron chi connectivity index (χ1n) is 8.50. The van der Waals surface area contributed by atoms with E-state index in [4.69, 9.17) is 3.95 Å². The van der Waals surface area contributed by atoms with Crippen LogP contribution in [-0.4, -0.2) is 14.6 Å². The van der Waals surface area contributed by atoms with Crippen molar-refractivity contribution in [1.82, 2.24) is 19.9 Å². The quantitative estimate of drug-likeness (QED) is 0.316. The number of rotatable bonds is 6. The first kappa shape index (κ1) is 17.7. The molecule has 0 amide bonds. The van der Waals surface area contributed by atoms with E-state index in [0.29, 0.717) is 0 Å². The van der Waals surface area contributed by atoms with Crippen molar-refractivity contribution >= 4 is 11.3 Å². The molecule has 0 atom stereocenters. The molecule has 0 radical (unpaired) electrons. The topological polar surface area (TPSA) is 68.2 Å². The van der Waals surface area contributed by atoms with Gasteiger partial charge >= 0.3 is 133 Å². The van der Waals surface area contributed by atoms with E-state index in [1.807, 2.05) is 30.5 Å². The Morgan fingerprint density at radius 1 is 1.00 bits per heavy atom. The Morgan fingerprint density at radius 2 is 1.74 bits per heavy atom. The molecule has 5 nitrogen and oxygen atoms in total. The zero-order chi connectivity index (χ0) is 18.6. The van der Waals surface area contributed by atoms with Gasteiger partial charge in [0.05, 0.1) is 0 Å². The van der Waals surface area contributed by atoms with Gasteiger partial charge in [0.25, 0.3) is 0 Å². The van der Waals surface area contributed by atoms with Crippen LogP contribution in [0, 0.1) is 3.83 Å². The maximum absolute atomic E-state index is 5.73. The summed E-state index contributed by atoms with van der Waals surface area (Å²) in [5.74, 6) is 0. The molecule has 4 rings (SSSR count). The molecular formula is C21H19IN5-. The second kappa shape index (κ2) is 7.89. The third kappa shape index (κ3) is 4.01. The number of fused-ring (bicyclic) bond motifs is 1. The Balaban J connectivity index is 1.49. The van der Waals surface area contributed by atoms with Crippen LogP contribution in [0.15, 0.2) is 79.5 Å². The fourth-order valence-corrected chi connectivity index (χ4v) is 3.59. The van der Waals surface area contributed by atoms with Gasteiger partial charge in [-0.1, -0.05) is 30.3 Å². The van der Waals surface area contributed by atoms with Gasteiger partial charge in [0, 0.05) is 0 Å². The van der Waals surface area contributed by atoms with E-state index in [9.17, 15) is 0 Å². The van der Waals surface area contributed by atoms with Gasteiger partial charge in [0.2, 0.25) is 0 Å². The second-order valence-electron chi connectivity index (χ2n) is 6.11. The summed E-state index contributed by atoms with van der Waals surface area (Å²) in [6, 6.07) is 22.7. The predicted octanol–water partition coefficient (Wildman–Crippen LogP) is 0.289. The summed E-state index contributed by atoms with van der Waals surface area (Å²) >= 11 is -0.597. The molecule has 136 valence electrons. The molecule has 27 heavy (non-hydrogen) atoms. The van der Waals surface area contributed by atoms with Crippen molar-refractivity contribution in [3.8, 4) is 11.1 Å². The van der Waals surface area contributed by atoms with Crippen LogP contribution in [-0.2, 0) is 6.54 Å². The molecule has 0 bridgehead atoms. The van der Waals surface area contributed by atoms with Crippen LogP contribution in [0.4, 0.5) is 0 Å². The van der Waals surface area contributed by atoms with Gasteiger partial charge in [-0.2, -0.15) is 0 Å². The van der Waals surface area contributed by atoms with Crippen molar-refractivity contribution < 1.29 is 21.5 Å². The molecule has 0 aliphatic heterocycles.